The van der Waals surface area contributed by atoms with E-state index in [1.54, 1.807) is 49.5 Å². The van der Waals surface area contributed by atoms with Crippen LogP contribution in [0.15, 0.2) is 42.5 Å². The van der Waals surface area contributed by atoms with Gasteiger partial charge in [0.25, 0.3) is 11.8 Å². The first-order valence-corrected chi connectivity index (χ1v) is 9.40. The molecule has 1 aliphatic rings. The molecule has 0 unspecified atom stereocenters. The van der Waals surface area contributed by atoms with E-state index in [9.17, 15) is 19.8 Å². The van der Waals surface area contributed by atoms with Crippen molar-refractivity contribution in [3.8, 4) is 11.8 Å². The molecule has 3 aromatic rings. The smallest absolute Gasteiger partial charge is 0.276 e. The van der Waals surface area contributed by atoms with Gasteiger partial charge >= 0.3 is 0 Å². The molecule has 1 saturated heterocycles. The van der Waals surface area contributed by atoms with Crippen molar-refractivity contribution in [1.29, 1.82) is 0 Å². The number of aromatic amines is 1. The molecular formula is C22H20N4O4. The molecule has 2 heterocycles. The Morgan fingerprint density at radius 2 is 2.17 bits per heavy atom. The predicted molar refractivity (Wildman–Crippen MR) is 110 cm³/mol. The summed E-state index contributed by atoms with van der Waals surface area (Å²) in [5, 5.41) is 30.0. The number of aliphatic hydroxyl groups excluding tert-OH is 1. The first kappa shape index (κ1) is 19.6. The molecule has 2 amide bonds. The summed E-state index contributed by atoms with van der Waals surface area (Å²) >= 11 is 0. The zero-order valence-corrected chi connectivity index (χ0v) is 16.3. The quantitative estimate of drug-likeness (QED) is 0.490. The molecule has 152 valence electrons. The maximum Gasteiger partial charge on any atom is 0.276 e. The number of carbonyl (C=O) groups is 2. The van der Waals surface area contributed by atoms with Crippen LogP contribution in [0.25, 0.3) is 10.9 Å². The number of aliphatic hydroxyl groups is 2. The summed E-state index contributed by atoms with van der Waals surface area (Å²) < 4.78 is 0. The van der Waals surface area contributed by atoms with Crippen LogP contribution in [0, 0.1) is 11.8 Å². The molecule has 1 fully saturated rings. The Kier molecular flexibility index (Phi) is 4.99. The van der Waals surface area contributed by atoms with E-state index >= 15 is 0 Å². The number of likely N-dealkylation sites (tertiary alicyclic amines) is 1. The number of fused-ring (bicyclic) bond motifs is 1. The van der Waals surface area contributed by atoms with Gasteiger partial charge in [-0.1, -0.05) is 24.0 Å². The van der Waals surface area contributed by atoms with Crippen LogP contribution in [0.2, 0.25) is 0 Å². The number of H-pyrrole nitrogens is 1. The van der Waals surface area contributed by atoms with Crippen molar-refractivity contribution >= 4 is 28.4 Å². The van der Waals surface area contributed by atoms with Gasteiger partial charge in [0.2, 0.25) is 5.60 Å². The van der Waals surface area contributed by atoms with Gasteiger partial charge in [0.15, 0.2) is 5.69 Å². The lowest BCUT2D eigenvalue weighted by Gasteiger charge is -2.13. The molecule has 8 nitrogen and oxygen atoms in total. The minimum absolute atomic E-state index is 0.131. The highest BCUT2D eigenvalue weighted by atomic mass is 16.3. The second-order valence-corrected chi connectivity index (χ2v) is 7.23. The molecule has 0 radical (unpaired) electrons. The van der Waals surface area contributed by atoms with Crippen LogP contribution in [0.5, 0.6) is 0 Å². The van der Waals surface area contributed by atoms with Crippen LogP contribution in [-0.2, 0) is 11.4 Å². The fourth-order valence-corrected chi connectivity index (χ4v) is 3.34. The lowest BCUT2D eigenvalue weighted by molar-refractivity contribution is -0.137. The third kappa shape index (κ3) is 3.64. The molecule has 1 aromatic heterocycles. The second-order valence-electron chi connectivity index (χ2n) is 7.23. The van der Waals surface area contributed by atoms with E-state index < -0.39 is 17.4 Å². The van der Waals surface area contributed by atoms with Crippen LogP contribution in [0.1, 0.15) is 28.0 Å². The second kappa shape index (κ2) is 7.63. The average molecular weight is 404 g/mol. The Morgan fingerprint density at radius 3 is 2.90 bits per heavy atom. The van der Waals surface area contributed by atoms with E-state index in [-0.39, 0.29) is 18.7 Å². The monoisotopic (exact) mass is 404 g/mol. The largest absolute Gasteiger partial charge is 0.392 e. The molecule has 0 saturated carbocycles. The van der Waals surface area contributed by atoms with Gasteiger partial charge < -0.3 is 20.4 Å². The van der Waals surface area contributed by atoms with E-state index in [1.165, 1.54) is 4.90 Å². The number of carbonyl (C=O) groups excluding carboxylic acids is 2. The maximum absolute atomic E-state index is 12.7. The summed E-state index contributed by atoms with van der Waals surface area (Å²) in [5.41, 5.74) is 0.968. The highest BCUT2D eigenvalue weighted by Crippen LogP contribution is 2.22. The van der Waals surface area contributed by atoms with E-state index in [2.05, 4.69) is 27.4 Å². The van der Waals surface area contributed by atoms with Crippen LogP contribution >= 0.6 is 0 Å². The molecule has 0 aliphatic carbocycles. The van der Waals surface area contributed by atoms with Crippen molar-refractivity contribution in [1.82, 2.24) is 15.1 Å². The van der Waals surface area contributed by atoms with Gasteiger partial charge in [0, 0.05) is 36.7 Å². The summed E-state index contributed by atoms with van der Waals surface area (Å²) in [7, 11) is 1.63. The van der Waals surface area contributed by atoms with Crippen LogP contribution in [-0.4, -0.2) is 56.3 Å². The summed E-state index contributed by atoms with van der Waals surface area (Å²) in [5.74, 6) is 4.66. The number of nitrogens with zero attached hydrogens (tertiary/aromatic N) is 2. The first-order valence-electron chi connectivity index (χ1n) is 9.40. The van der Waals surface area contributed by atoms with E-state index in [0.717, 1.165) is 0 Å². The minimum Gasteiger partial charge on any atom is -0.392 e. The van der Waals surface area contributed by atoms with Crippen LogP contribution in [0.4, 0.5) is 5.69 Å². The zero-order chi connectivity index (χ0) is 21.3. The van der Waals surface area contributed by atoms with E-state index in [1.807, 2.05) is 0 Å². The Morgan fingerprint density at radius 1 is 1.33 bits per heavy atom. The van der Waals surface area contributed by atoms with Gasteiger partial charge in [-0.25, -0.2) is 0 Å². The number of likely N-dealkylation sites (N-methyl/N-ethyl adjacent to an activating group) is 1. The predicted octanol–water partition coefficient (Wildman–Crippen LogP) is 1.25. The SMILES string of the molecule is CN1CC[C@@](O)(C#Cc2cccc(NC(=O)c3n[nH]c4ccc(CO)cc34)c2)C1=O. The highest BCUT2D eigenvalue weighted by molar-refractivity contribution is 6.11. The van der Waals surface area contributed by atoms with Gasteiger partial charge in [-0.15, -0.1) is 0 Å². The van der Waals surface area contributed by atoms with Gasteiger partial charge in [-0.2, -0.15) is 5.10 Å². The van der Waals surface area contributed by atoms with Crippen molar-refractivity contribution in [2.45, 2.75) is 18.6 Å². The Bertz CT molecular complexity index is 1210. The Hall–Kier alpha value is -3.67. The van der Waals surface area contributed by atoms with Crippen LogP contribution in [0.3, 0.4) is 0 Å². The lowest BCUT2D eigenvalue weighted by atomic mass is 10.0. The minimum atomic E-state index is -1.67. The fourth-order valence-electron chi connectivity index (χ4n) is 3.34. The lowest BCUT2D eigenvalue weighted by Crippen LogP contribution is -2.37. The number of amides is 2. The summed E-state index contributed by atoms with van der Waals surface area (Å²) in [4.78, 5) is 26.2. The van der Waals surface area contributed by atoms with Gasteiger partial charge in [-0.05, 0) is 35.9 Å². The summed E-state index contributed by atoms with van der Waals surface area (Å²) in [6.45, 7) is 0.323. The molecule has 30 heavy (non-hydrogen) atoms. The van der Waals surface area contributed by atoms with Crippen molar-refractivity contribution < 1.29 is 19.8 Å². The Labute approximate surface area is 172 Å². The third-order valence-corrected chi connectivity index (χ3v) is 5.07. The van der Waals surface area contributed by atoms with E-state index in [4.69, 9.17) is 0 Å². The first-order chi connectivity index (χ1) is 14.4. The number of hydrogen-bond donors (Lipinski definition) is 4. The van der Waals surface area contributed by atoms with Crippen LogP contribution < -0.4 is 5.32 Å². The maximum atomic E-state index is 12.7. The fraction of sp³-hybridized carbons (Fsp3) is 0.227. The molecule has 1 aliphatic heterocycles. The van der Waals surface area contributed by atoms with Gasteiger partial charge in [0.1, 0.15) is 0 Å². The van der Waals surface area contributed by atoms with Crippen molar-refractivity contribution in [3.05, 3.63) is 59.3 Å². The molecule has 0 bridgehead atoms. The van der Waals surface area contributed by atoms with Crippen molar-refractivity contribution in [3.63, 3.8) is 0 Å². The third-order valence-electron chi connectivity index (χ3n) is 5.07. The molecule has 4 rings (SSSR count). The standard InChI is InChI=1S/C22H20N4O4/c1-26-10-9-22(30,21(26)29)8-7-14-3-2-4-16(11-14)23-20(28)19-17-12-15(13-27)5-6-18(17)24-25-19/h2-6,11-12,27,30H,9-10,13H2,1H3,(H,23,28)(H,24,25)/t22-/m0/s1. The molecule has 8 heteroatoms. The molecular weight excluding hydrogens is 384 g/mol. The highest BCUT2D eigenvalue weighted by Gasteiger charge is 2.42. The molecule has 0 spiro atoms. The average Bonchev–Trinajstić information content (AvgIpc) is 3.29. The molecule has 2 aromatic carbocycles. The number of benzene rings is 2. The van der Waals surface area contributed by atoms with Gasteiger partial charge in [0.05, 0.1) is 12.1 Å². The molecule has 4 N–H and O–H groups in total. The number of aromatic nitrogens is 2. The Balaban J connectivity index is 1.55. The summed E-state index contributed by atoms with van der Waals surface area (Å²) in [6.07, 6.45) is 0.258. The van der Waals surface area contributed by atoms with Crippen molar-refractivity contribution in [2.75, 3.05) is 18.9 Å². The molecule has 1 atom stereocenters. The van der Waals surface area contributed by atoms with Gasteiger partial charge in [-0.3, -0.25) is 14.7 Å². The number of rotatable bonds is 3. The van der Waals surface area contributed by atoms with Crippen molar-refractivity contribution in [2.24, 2.45) is 0 Å². The number of nitrogens with one attached hydrogen (secondary N) is 2. The number of anilines is 1. The van der Waals surface area contributed by atoms with E-state index in [0.29, 0.717) is 34.3 Å². The normalized spacial score (nSPS) is 18.4. The summed E-state index contributed by atoms with van der Waals surface area (Å²) in [6, 6.07) is 12.0. The number of hydrogen-bond acceptors (Lipinski definition) is 5. The zero-order valence-electron chi connectivity index (χ0n) is 16.3. The topological polar surface area (TPSA) is 119 Å².